The van der Waals surface area contributed by atoms with E-state index >= 15 is 0 Å². The van der Waals surface area contributed by atoms with Crippen LogP contribution in [0.5, 0.6) is 5.88 Å². The normalized spacial score (nSPS) is 11.3. The standard InChI is InChI=1S/C20H18FN3O3/c1-11-8-12(2)17(13(3)9-11)24-19(26)16(18(25)23-20(24)27)10-22-15-6-4-14(21)5-7-15/h4-10,26H,1-3H3,(H,23,25,27). The van der Waals surface area contributed by atoms with Crippen molar-refractivity contribution in [1.29, 1.82) is 0 Å². The fourth-order valence-electron chi connectivity index (χ4n) is 3.05. The van der Waals surface area contributed by atoms with Crippen molar-refractivity contribution >= 4 is 11.9 Å². The zero-order chi connectivity index (χ0) is 19.7. The summed E-state index contributed by atoms with van der Waals surface area (Å²) in [5, 5.41) is 10.6. The third-order valence-corrected chi connectivity index (χ3v) is 4.15. The van der Waals surface area contributed by atoms with E-state index in [1.54, 1.807) is 0 Å². The van der Waals surface area contributed by atoms with Crippen LogP contribution >= 0.6 is 0 Å². The van der Waals surface area contributed by atoms with Crippen LogP contribution < -0.4 is 11.2 Å². The van der Waals surface area contributed by atoms with Crippen LogP contribution in [0.25, 0.3) is 5.69 Å². The second kappa shape index (κ2) is 7.03. The average Bonchev–Trinajstić information content (AvgIpc) is 2.58. The predicted molar refractivity (Wildman–Crippen MR) is 102 cm³/mol. The molecule has 0 fully saturated rings. The van der Waals surface area contributed by atoms with Gasteiger partial charge in [-0.15, -0.1) is 0 Å². The third-order valence-electron chi connectivity index (χ3n) is 4.15. The lowest BCUT2D eigenvalue weighted by Crippen LogP contribution is -2.32. The number of aromatic hydroxyl groups is 1. The maximum Gasteiger partial charge on any atom is 0.335 e. The first kappa shape index (κ1) is 18.3. The number of nitrogens with zero attached hydrogens (tertiary/aromatic N) is 2. The van der Waals surface area contributed by atoms with Crippen LogP contribution in [0.1, 0.15) is 22.3 Å². The summed E-state index contributed by atoms with van der Waals surface area (Å²) in [5.41, 5.74) is 1.79. The van der Waals surface area contributed by atoms with E-state index < -0.39 is 22.9 Å². The van der Waals surface area contributed by atoms with E-state index in [4.69, 9.17) is 0 Å². The highest BCUT2D eigenvalue weighted by Crippen LogP contribution is 2.24. The summed E-state index contributed by atoms with van der Waals surface area (Å²) in [6.45, 7) is 5.57. The highest BCUT2D eigenvalue weighted by Gasteiger charge is 2.17. The van der Waals surface area contributed by atoms with E-state index in [0.29, 0.717) is 11.4 Å². The minimum Gasteiger partial charge on any atom is -0.493 e. The molecule has 1 aromatic heterocycles. The first-order valence-corrected chi connectivity index (χ1v) is 8.24. The van der Waals surface area contributed by atoms with Crippen molar-refractivity contribution in [3.05, 3.63) is 85.3 Å². The Kier molecular flexibility index (Phi) is 4.77. The van der Waals surface area contributed by atoms with E-state index in [1.165, 1.54) is 24.3 Å². The van der Waals surface area contributed by atoms with Gasteiger partial charge in [0.2, 0.25) is 5.88 Å². The quantitative estimate of drug-likeness (QED) is 0.698. The largest absolute Gasteiger partial charge is 0.493 e. The van der Waals surface area contributed by atoms with Crippen molar-refractivity contribution in [3.8, 4) is 11.6 Å². The lowest BCUT2D eigenvalue weighted by Gasteiger charge is -2.15. The van der Waals surface area contributed by atoms with E-state index in [-0.39, 0.29) is 5.56 Å². The minimum absolute atomic E-state index is 0.168. The van der Waals surface area contributed by atoms with Gasteiger partial charge < -0.3 is 5.11 Å². The molecule has 0 unspecified atom stereocenters. The van der Waals surface area contributed by atoms with Crippen LogP contribution in [0, 0.1) is 26.6 Å². The van der Waals surface area contributed by atoms with E-state index in [1.807, 2.05) is 32.9 Å². The molecule has 0 saturated heterocycles. The number of aromatic nitrogens is 2. The number of benzene rings is 2. The van der Waals surface area contributed by atoms with Gasteiger partial charge in [-0.3, -0.25) is 14.8 Å². The predicted octanol–water partition coefficient (Wildman–Crippen LogP) is 3.05. The van der Waals surface area contributed by atoms with Crippen molar-refractivity contribution in [2.24, 2.45) is 4.99 Å². The van der Waals surface area contributed by atoms with Gasteiger partial charge in [0.1, 0.15) is 11.4 Å². The number of hydrogen-bond acceptors (Lipinski definition) is 4. The monoisotopic (exact) mass is 367 g/mol. The molecule has 0 saturated carbocycles. The summed E-state index contributed by atoms with van der Waals surface area (Å²) < 4.78 is 14.0. The average molecular weight is 367 g/mol. The van der Waals surface area contributed by atoms with Crippen molar-refractivity contribution in [2.45, 2.75) is 20.8 Å². The molecule has 2 N–H and O–H groups in total. The van der Waals surface area contributed by atoms with Crippen LogP contribution in [0.4, 0.5) is 10.1 Å². The van der Waals surface area contributed by atoms with Crippen LogP contribution in [0.15, 0.2) is 51.0 Å². The molecular formula is C20H18FN3O3. The van der Waals surface area contributed by atoms with Gasteiger partial charge in [0.05, 0.1) is 11.4 Å². The highest BCUT2D eigenvalue weighted by molar-refractivity contribution is 5.84. The zero-order valence-corrected chi connectivity index (χ0v) is 15.1. The maximum atomic E-state index is 13.0. The van der Waals surface area contributed by atoms with Gasteiger partial charge in [0.25, 0.3) is 5.56 Å². The molecule has 0 spiro atoms. The molecule has 0 aliphatic carbocycles. The van der Waals surface area contributed by atoms with E-state index in [9.17, 15) is 19.1 Å². The molecule has 6 nitrogen and oxygen atoms in total. The van der Waals surface area contributed by atoms with Crippen molar-refractivity contribution in [2.75, 3.05) is 0 Å². The number of hydrogen-bond donors (Lipinski definition) is 2. The zero-order valence-electron chi connectivity index (χ0n) is 15.1. The van der Waals surface area contributed by atoms with Gasteiger partial charge in [-0.05, 0) is 56.2 Å². The van der Waals surface area contributed by atoms with Crippen molar-refractivity contribution in [3.63, 3.8) is 0 Å². The van der Waals surface area contributed by atoms with Crippen molar-refractivity contribution < 1.29 is 9.50 Å². The summed E-state index contributed by atoms with van der Waals surface area (Å²) in [5.74, 6) is -0.918. The Bertz CT molecular complexity index is 1140. The Hall–Kier alpha value is -3.48. The Labute approximate surface area is 154 Å². The molecule has 0 aliphatic heterocycles. The summed E-state index contributed by atoms with van der Waals surface area (Å²) in [6, 6.07) is 9.09. The Morgan fingerprint density at radius 1 is 1.07 bits per heavy atom. The molecule has 0 radical (unpaired) electrons. The number of aryl methyl sites for hydroxylation is 3. The van der Waals surface area contributed by atoms with Crippen LogP contribution in [0.3, 0.4) is 0 Å². The van der Waals surface area contributed by atoms with Crippen LogP contribution in [-0.4, -0.2) is 20.9 Å². The number of aromatic amines is 1. The molecule has 0 aliphatic rings. The topological polar surface area (TPSA) is 87.4 Å². The third kappa shape index (κ3) is 3.57. The Morgan fingerprint density at radius 2 is 1.67 bits per heavy atom. The van der Waals surface area contributed by atoms with Gasteiger partial charge in [0, 0.05) is 6.21 Å². The van der Waals surface area contributed by atoms with Crippen molar-refractivity contribution in [1.82, 2.24) is 9.55 Å². The van der Waals surface area contributed by atoms with E-state index in [2.05, 4.69) is 9.98 Å². The molecule has 27 heavy (non-hydrogen) atoms. The molecule has 138 valence electrons. The number of rotatable bonds is 3. The fourth-order valence-corrected chi connectivity index (χ4v) is 3.05. The minimum atomic E-state index is -0.762. The molecule has 3 aromatic rings. The number of halogens is 1. The molecule has 2 aromatic carbocycles. The lowest BCUT2D eigenvalue weighted by molar-refractivity contribution is 0.429. The molecule has 0 amide bonds. The lowest BCUT2D eigenvalue weighted by atomic mass is 10.0. The Morgan fingerprint density at radius 3 is 2.26 bits per heavy atom. The smallest absolute Gasteiger partial charge is 0.335 e. The first-order valence-electron chi connectivity index (χ1n) is 8.24. The molecule has 0 atom stereocenters. The molecular weight excluding hydrogens is 349 g/mol. The summed E-state index contributed by atoms with van der Waals surface area (Å²) in [6.07, 6.45) is 1.15. The van der Waals surface area contributed by atoms with Crippen LogP contribution in [-0.2, 0) is 0 Å². The van der Waals surface area contributed by atoms with Crippen LogP contribution in [0.2, 0.25) is 0 Å². The van der Waals surface area contributed by atoms with E-state index in [0.717, 1.165) is 27.5 Å². The van der Waals surface area contributed by atoms with Gasteiger partial charge in [-0.1, -0.05) is 17.7 Å². The van der Waals surface area contributed by atoms with Gasteiger partial charge in [-0.25, -0.2) is 13.8 Å². The van der Waals surface area contributed by atoms with Gasteiger partial charge in [-0.2, -0.15) is 0 Å². The van der Waals surface area contributed by atoms with Gasteiger partial charge >= 0.3 is 5.69 Å². The first-order chi connectivity index (χ1) is 12.8. The Balaban J connectivity index is 2.19. The molecule has 3 rings (SSSR count). The summed E-state index contributed by atoms with van der Waals surface area (Å²) in [4.78, 5) is 30.8. The maximum absolute atomic E-state index is 13.0. The highest BCUT2D eigenvalue weighted by atomic mass is 19.1. The number of H-pyrrole nitrogens is 1. The summed E-state index contributed by atoms with van der Waals surface area (Å²) >= 11 is 0. The second-order valence-electron chi connectivity index (χ2n) is 6.31. The molecule has 7 heteroatoms. The fraction of sp³-hybridized carbons (Fsp3) is 0.150. The number of nitrogens with one attached hydrogen (secondary N) is 1. The summed E-state index contributed by atoms with van der Waals surface area (Å²) in [7, 11) is 0. The molecule has 1 heterocycles. The SMILES string of the molecule is Cc1cc(C)c(-n2c(O)c(C=Nc3ccc(F)cc3)c(=O)[nH]c2=O)c(C)c1. The second-order valence-corrected chi connectivity index (χ2v) is 6.31. The molecule has 0 bridgehead atoms. The number of aliphatic imine (C=N–C) groups is 1. The van der Waals surface area contributed by atoms with Gasteiger partial charge in [0.15, 0.2) is 0 Å².